The highest BCUT2D eigenvalue weighted by molar-refractivity contribution is 5.88. The van der Waals surface area contributed by atoms with E-state index in [9.17, 15) is 0 Å². The van der Waals surface area contributed by atoms with Crippen LogP contribution in [0.1, 0.15) is 43.4 Å². The van der Waals surface area contributed by atoms with Crippen LogP contribution in [0.5, 0.6) is 11.5 Å². The predicted octanol–water partition coefficient (Wildman–Crippen LogP) is 5.65. The Balaban J connectivity index is 2.34. The SMILES string of the molecule is C=C1C=C2C(=CC=C1OC)c1c(cc(OC)c(OC)c1CCC)CCC2C. The number of hydrogen-bond acceptors (Lipinski definition) is 3. The highest BCUT2D eigenvalue weighted by Crippen LogP contribution is 2.47. The molecule has 27 heavy (non-hydrogen) atoms. The van der Waals surface area contributed by atoms with E-state index in [4.69, 9.17) is 14.2 Å². The van der Waals surface area contributed by atoms with E-state index in [-0.39, 0.29) is 0 Å². The fraction of sp³-hybridized carbons (Fsp3) is 0.417. The molecule has 2 aliphatic rings. The van der Waals surface area contributed by atoms with Crippen LogP contribution in [0.3, 0.4) is 0 Å². The first-order valence-corrected chi connectivity index (χ1v) is 9.69. The minimum Gasteiger partial charge on any atom is -0.496 e. The summed E-state index contributed by atoms with van der Waals surface area (Å²) >= 11 is 0. The summed E-state index contributed by atoms with van der Waals surface area (Å²) in [5.41, 5.74) is 7.37. The molecule has 1 aromatic carbocycles. The maximum Gasteiger partial charge on any atom is 0.164 e. The van der Waals surface area contributed by atoms with Gasteiger partial charge < -0.3 is 14.2 Å². The first kappa shape index (κ1) is 19.3. The number of hydrogen-bond donors (Lipinski definition) is 0. The minimum absolute atomic E-state index is 0.441. The van der Waals surface area contributed by atoms with E-state index in [1.54, 1.807) is 21.3 Å². The van der Waals surface area contributed by atoms with Gasteiger partial charge in [-0.15, -0.1) is 0 Å². The molecule has 0 fully saturated rings. The third-order valence-corrected chi connectivity index (χ3v) is 5.58. The summed E-state index contributed by atoms with van der Waals surface area (Å²) in [6.45, 7) is 8.71. The Morgan fingerprint density at radius 3 is 2.52 bits per heavy atom. The quantitative estimate of drug-likeness (QED) is 0.674. The minimum atomic E-state index is 0.441. The van der Waals surface area contributed by atoms with Crippen molar-refractivity contribution in [3.05, 3.63) is 64.5 Å². The zero-order valence-corrected chi connectivity index (χ0v) is 17.1. The Morgan fingerprint density at radius 2 is 1.89 bits per heavy atom. The van der Waals surface area contributed by atoms with Gasteiger partial charge in [0.2, 0.25) is 0 Å². The highest BCUT2D eigenvalue weighted by atomic mass is 16.5. The Hall–Kier alpha value is -2.42. The fourth-order valence-corrected chi connectivity index (χ4v) is 4.21. The lowest BCUT2D eigenvalue weighted by atomic mass is 9.85. The zero-order valence-electron chi connectivity index (χ0n) is 17.1. The van der Waals surface area contributed by atoms with Crippen molar-refractivity contribution < 1.29 is 14.2 Å². The van der Waals surface area contributed by atoms with E-state index >= 15 is 0 Å². The van der Waals surface area contributed by atoms with Gasteiger partial charge >= 0.3 is 0 Å². The molecule has 0 spiro atoms. The van der Waals surface area contributed by atoms with E-state index in [1.807, 2.05) is 6.08 Å². The molecule has 2 aliphatic carbocycles. The predicted molar refractivity (Wildman–Crippen MR) is 111 cm³/mol. The number of benzene rings is 1. The summed E-state index contributed by atoms with van der Waals surface area (Å²) in [5.74, 6) is 2.93. The third kappa shape index (κ3) is 3.43. The monoisotopic (exact) mass is 366 g/mol. The van der Waals surface area contributed by atoms with Crippen LogP contribution in [0.15, 0.2) is 47.8 Å². The molecule has 1 aromatic rings. The van der Waals surface area contributed by atoms with Gasteiger partial charge in [0.15, 0.2) is 11.5 Å². The lowest BCUT2D eigenvalue weighted by molar-refractivity contribution is 0.303. The molecule has 1 unspecified atom stereocenters. The number of ether oxygens (including phenoxy) is 3. The molecule has 0 aliphatic heterocycles. The van der Waals surface area contributed by atoms with Crippen molar-refractivity contribution in [2.75, 3.05) is 21.3 Å². The number of allylic oxidation sites excluding steroid dienone is 5. The van der Waals surface area contributed by atoms with Crippen molar-refractivity contribution in [2.24, 2.45) is 5.92 Å². The van der Waals surface area contributed by atoms with E-state index in [1.165, 1.54) is 27.8 Å². The largest absolute Gasteiger partial charge is 0.496 e. The average molecular weight is 367 g/mol. The summed E-state index contributed by atoms with van der Waals surface area (Å²) in [5, 5.41) is 0. The normalized spacial score (nSPS) is 18.9. The van der Waals surface area contributed by atoms with Crippen molar-refractivity contribution in [2.45, 2.75) is 39.5 Å². The molecule has 0 heterocycles. The summed E-state index contributed by atoms with van der Waals surface area (Å²) in [6.07, 6.45) is 10.5. The molecule has 3 rings (SSSR count). The number of aryl methyl sites for hydroxylation is 1. The average Bonchev–Trinajstić information content (AvgIpc) is 2.91. The van der Waals surface area contributed by atoms with Gasteiger partial charge in [-0.25, -0.2) is 0 Å². The van der Waals surface area contributed by atoms with Crippen LogP contribution in [0, 0.1) is 5.92 Å². The van der Waals surface area contributed by atoms with E-state index in [0.717, 1.165) is 48.5 Å². The van der Waals surface area contributed by atoms with E-state index in [2.05, 4.69) is 38.6 Å². The molecular weight excluding hydrogens is 336 g/mol. The summed E-state index contributed by atoms with van der Waals surface area (Å²) in [4.78, 5) is 0. The summed E-state index contributed by atoms with van der Waals surface area (Å²) in [7, 11) is 5.14. The first-order valence-electron chi connectivity index (χ1n) is 9.69. The van der Waals surface area contributed by atoms with Gasteiger partial charge in [-0.05, 0) is 65.7 Å². The summed E-state index contributed by atoms with van der Waals surface area (Å²) < 4.78 is 17.0. The molecule has 144 valence electrons. The Labute approximate surface area is 163 Å². The van der Waals surface area contributed by atoms with Crippen LogP contribution in [0.25, 0.3) is 5.57 Å². The molecule has 0 saturated carbocycles. The second-order valence-electron chi connectivity index (χ2n) is 7.25. The number of methoxy groups -OCH3 is 3. The molecule has 0 radical (unpaired) electrons. The Kier molecular flexibility index (Phi) is 5.79. The van der Waals surface area contributed by atoms with Crippen LogP contribution in [-0.2, 0) is 17.6 Å². The second-order valence-corrected chi connectivity index (χ2v) is 7.25. The van der Waals surface area contributed by atoms with Crippen LogP contribution in [0.4, 0.5) is 0 Å². The van der Waals surface area contributed by atoms with Crippen LogP contribution in [0.2, 0.25) is 0 Å². The molecule has 1 atom stereocenters. The maximum atomic E-state index is 5.80. The van der Waals surface area contributed by atoms with Gasteiger partial charge in [-0.2, -0.15) is 0 Å². The number of rotatable bonds is 5. The fourth-order valence-electron chi connectivity index (χ4n) is 4.21. The zero-order chi connectivity index (χ0) is 19.6. The van der Waals surface area contributed by atoms with Crippen molar-refractivity contribution in [3.63, 3.8) is 0 Å². The van der Waals surface area contributed by atoms with Crippen molar-refractivity contribution in [1.29, 1.82) is 0 Å². The lowest BCUT2D eigenvalue weighted by Gasteiger charge is -2.22. The molecule has 0 bridgehead atoms. The second kappa shape index (κ2) is 8.08. The molecule has 3 heteroatoms. The smallest absolute Gasteiger partial charge is 0.164 e. The van der Waals surface area contributed by atoms with Crippen LogP contribution < -0.4 is 9.47 Å². The first-order chi connectivity index (χ1) is 13.0. The van der Waals surface area contributed by atoms with E-state index < -0.39 is 0 Å². The van der Waals surface area contributed by atoms with Gasteiger partial charge in [0.1, 0.15) is 5.76 Å². The molecule has 0 aromatic heterocycles. The van der Waals surface area contributed by atoms with E-state index in [0.29, 0.717) is 5.92 Å². The highest BCUT2D eigenvalue weighted by Gasteiger charge is 2.29. The molecule has 0 saturated heterocycles. The van der Waals surface area contributed by atoms with Gasteiger partial charge in [0, 0.05) is 11.1 Å². The third-order valence-electron chi connectivity index (χ3n) is 5.58. The van der Waals surface area contributed by atoms with Gasteiger partial charge in [-0.3, -0.25) is 0 Å². The Bertz CT molecular complexity index is 840. The van der Waals surface area contributed by atoms with Crippen LogP contribution >= 0.6 is 0 Å². The molecule has 0 N–H and O–H groups in total. The standard InChI is InChI=1S/C24H30O3/c1-7-8-19-23-17(14-22(26-5)24(19)27-6)10-9-15(2)20-13-16(3)21(25-4)12-11-18(20)23/h11-15H,3,7-10H2,1-2,4-6H3. The lowest BCUT2D eigenvalue weighted by Crippen LogP contribution is -2.05. The van der Waals surface area contributed by atoms with Crippen LogP contribution in [-0.4, -0.2) is 21.3 Å². The Morgan fingerprint density at radius 1 is 1.11 bits per heavy atom. The topological polar surface area (TPSA) is 27.7 Å². The van der Waals surface area contributed by atoms with Gasteiger partial charge in [-0.1, -0.05) is 32.9 Å². The van der Waals surface area contributed by atoms with Crippen molar-refractivity contribution >= 4 is 5.57 Å². The van der Waals surface area contributed by atoms with Crippen molar-refractivity contribution in [3.8, 4) is 11.5 Å². The van der Waals surface area contributed by atoms with Gasteiger partial charge in [0.25, 0.3) is 0 Å². The summed E-state index contributed by atoms with van der Waals surface area (Å²) in [6, 6.07) is 2.16. The van der Waals surface area contributed by atoms with Gasteiger partial charge in [0.05, 0.1) is 21.3 Å². The maximum absolute atomic E-state index is 5.80. The number of fused-ring (bicyclic) bond motifs is 3. The molecule has 3 nitrogen and oxygen atoms in total. The molecular formula is C24H30O3. The molecule has 0 amide bonds. The van der Waals surface area contributed by atoms with Crippen molar-refractivity contribution in [1.82, 2.24) is 0 Å².